The van der Waals surface area contributed by atoms with Crippen molar-refractivity contribution in [2.45, 2.75) is 51.2 Å². The van der Waals surface area contributed by atoms with E-state index < -0.39 is 0 Å². The number of likely N-dealkylation sites (tertiary alicyclic amines) is 1. The molecular formula is C19H25Cl2N3O2. The summed E-state index contributed by atoms with van der Waals surface area (Å²) in [6.07, 6.45) is 3.04. The first-order valence-corrected chi connectivity index (χ1v) is 9.92. The first kappa shape index (κ1) is 19.5. The Labute approximate surface area is 164 Å². The first-order chi connectivity index (χ1) is 12.4. The van der Waals surface area contributed by atoms with Crippen molar-refractivity contribution in [3.63, 3.8) is 0 Å². The minimum absolute atomic E-state index is 0.0275. The monoisotopic (exact) mass is 397 g/mol. The van der Waals surface area contributed by atoms with Gasteiger partial charge >= 0.3 is 0 Å². The molecular weight excluding hydrogens is 373 g/mol. The van der Waals surface area contributed by atoms with Crippen molar-refractivity contribution in [2.24, 2.45) is 5.92 Å². The number of carbonyl (C=O) groups is 2. The lowest BCUT2D eigenvalue weighted by Crippen LogP contribution is -2.54. The van der Waals surface area contributed by atoms with E-state index in [1.165, 1.54) is 0 Å². The SMILES string of the molecule is C[C@@H]1CC(=O)N[C@H](C(=O)NC2CCN(Cc3ccc(Cl)c(Cl)c3)CC2)C1. The second-order valence-corrected chi connectivity index (χ2v) is 8.29. The molecule has 0 bridgehead atoms. The number of rotatable bonds is 4. The predicted octanol–water partition coefficient (Wildman–Crippen LogP) is 2.99. The molecule has 142 valence electrons. The van der Waals surface area contributed by atoms with Crippen LogP contribution in [0.1, 0.15) is 38.2 Å². The van der Waals surface area contributed by atoms with E-state index in [9.17, 15) is 9.59 Å². The standard InChI is InChI=1S/C19H25Cl2N3O2/c1-12-8-17(23-18(25)9-12)19(26)22-14-4-6-24(7-5-14)11-13-2-3-15(20)16(21)10-13/h2-3,10,12,14,17H,4-9,11H2,1H3,(H,22,26)(H,23,25)/t12-,17-/m0/s1. The van der Waals surface area contributed by atoms with Gasteiger partial charge in [0.1, 0.15) is 6.04 Å². The number of benzene rings is 1. The Morgan fingerprint density at radius 2 is 2.00 bits per heavy atom. The molecule has 2 heterocycles. The van der Waals surface area contributed by atoms with Gasteiger partial charge < -0.3 is 10.6 Å². The molecule has 2 saturated heterocycles. The van der Waals surface area contributed by atoms with Crippen LogP contribution in [0.3, 0.4) is 0 Å². The lowest BCUT2D eigenvalue weighted by atomic mass is 9.93. The van der Waals surface area contributed by atoms with Crippen molar-refractivity contribution >= 4 is 35.0 Å². The van der Waals surface area contributed by atoms with Gasteiger partial charge in [-0.1, -0.05) is 36.2 Å². The molecule has 1 aromatic carbocycles. The fourth-order valence-corrected chi connectivity index (χ4v) is 4.04. The van der Waals surface area contributed by atoms with Crippen molar-refractivity contribution in [1.82, 2.24) is 15.5 Å². The summed E-state index contributed by atoms with van der Waals surface area (Å²) in [5, 5.41) is 7.06. The van der Waals surface area contributed by atoms with E-state index in [2.05, 4.69) is 15.5 Å². The van der Waals surface area contributed by atoms with Crippen LogP contribution in [0.15, 0.2) is 18.2 Å². The molecule has 2 aliphatic rings. The average molecular weight is 398 g/mol. The van der Waals surface area contributed by atoms with Crippen molar-refractivity contribution in [2.75, 3.05) is 13.1 Å². The fraction of sp³-hybridized carbons (Fsp3) is 0.579. The predicted molar refractivity (Wildman–Crippen MR) is 103 cm³/mol. The number of halogens is 2. The highest BCUT2D eigenvalue weighted by Gasteiger charge is 2.30. The van der Waals surface area contributed by atoms with Crippen LogP contribution in [0.25, 0.3) is 0 Å². The largest absolute Gasteiger partial charge is 0.351 e. The summed E-state index contributed by atoms with van der Waals surface area (Å²) in [7, 11) is 0. The van der Waals surface area contributed by atoms with Crippen LogP contribution in [-0.2, 0) is 16.1 Å². The molecule has 3 rings (SSSR count). The van der Waals surface area contributed by atoms with Gasteiger partial charge in [0.2, 0.25) is 11.8 Å². The molecule has 2 aliphatic heterocycles. The Bertz CT molecular complexity index is 675. The summed E-state index contributed by atoms with van der Waals surface area (Å²) >= 11 is 12.0. The van der Waals surface area contributed by atoms with Crippen molar-refractivity contribution in [3.8, 4) is 0 Å². The highest BCUT2D eigenvalue weighted by molar-refractivity contribution is 6.42. The van der Waals surface area contributed by atoms with Gasteiger partial charge in [0.05, 0.1) is 10.0 Å². The van der Waals surface area contributed by atoms with Crippen LogP contribution < -0.4 is 10.6 Å². The van der Waals surface area contributed by atoms with Crippen LogP contribution in [0.5, 0.6) is 0 Å². The van der Waals surface area contributed by atoms with Gasteiger partial charge in [-0.05, 0) is 42.9 Å². The molecule has 0 aromatic heterocycles. The summed E-state index contributed by atoms with van der Waals surface area (Å²) in [5.74, 6) is 0.181. The van der Waals surface area contributed by atoms with Crippen LogP contribution >= 0.6 is 23.2 Å². The summed E-state index contributed by atoms with van der Waals surface area (Å²) in [6, 6.07) is 5.51. The molecule has 2 N–H and O–H groups in total. The summed E-state index contributed by atoms with van der Waals surface area (Å²) < 4.78 is 0. The number of amides is 2. The normalized spacial score (nSPS) is 25.0. The quantitative estimate of drug-likeness (QED) is 0.820. The van der Waals surface area contributed by atoms with E-state index in [4.69, 9.17) is 23.2 Å². The lowest BCUT2D eigenvalue weighted by molar-refractivity contribution is -0.132. The van der Waals surface area contributed by atoms with Gasteiger partial charge in [-0.2, -0.15) is 0 Å². The number of carbonyl (C=O) groups excluding carboxylic acids is 2. The zero-order valence-electron chi connectivity index (χ0n) is 14.9. The number of nitrogens with one attached hydrogen (secondary N) is 2. The van der Waals surface area contributed by atoms with Crippen LogP contribution in [0.2, 0.25) is 10.0 Å². The molecule has 0 aliphatic carbocycles. The van der Waals surface area contributed by atoms with E-state index >= 15 is 0 Å². The Morgan fingerprint density at radius 3 is 2.65 bits per heavy atom. The number of nitrogens with zero attached hydrogens (tertiary/aromatic N) is 1. The minimum atomic E-state index is -0.388. The molecule has 0 saturated carbocycles. The maximum Gasteiger partial charge on any atom is 0.242 e. The summed E-state index contributed by atoms with van der Waals surface area (Å²) in [4.78, 5) is 26.4. The van der Waals surface area contributed by atoms with Crippen LogP contribution in [0, 0.1) is 5.92 Å². The van der Waals surface area contributed by atoms with Gasteiger partial charge in [-0.15, -0.1) is 0 Å². The first-order valence-electron chi connectivity index (χ1n) is 9.16. The third-order valence-electron chi connectivity index (χ3n) is 5.15. The highest BCUT2D eigenvalue weighted by Crippen LogP contribution is 2.24. The molecule has 0 unspecified atom stereocenters. The van der Waals surface area contributed by atoms with E-state index in [0.29, 0.717) is 22.9 Å². The van der Waals surface area contributed by atoms with E-state index in [0.717, 1.165) is 38.0 Å². The van der Waals surface area contributed by atoms with Crippen LogP contribution in [0.4, 0.5) is 0 Å². The molecule has 2 atom stereocenters. The van der Waals surface area contributed by atoms with Gasteiger partial charge in [0.15, 0.2) is 0 Å². The maximum absolute atomic E-state index is 12.4. The molecule has 2 fully saturated rings. The van der Waals surface area contributed by atoms with Crippen molar-refractivity contribution in [3.05, 3.63) is 33.8 Å². The second-order valence-electron chi connectivity index (χ2n) is 7.47. The zero-order valence-corrected chi connectivity index (χ0v) is 16.4. The fourth-order valence-electron chi connectivity index (χ4n) is 3.72. The van der Waals surface area contributed by atoms with Crippen molar-refractivity contribution < 1.29 is 9.59 Å². The average Bonchev–Trinajstić information content (AvgIpc) is 2.59. The second kappa shape index (κ2) is 8.59. The summed E-state index contributed by atoms with van der Waals surface area (Å²) in [6.45, 7) is 4.67. The van der Waals surface area contributed by atoms with Gasteiger partial charge in [-0.3, -0.25) is 14.5 Å². The Hall–Kier alpha value is -1.30. The highest BCUT2D eigenvalue weighted by atomic mass is 35.5. The third-order valence-corrected chi connectivity index (χ3v) is 5.89. The Balaban J connectivity index is 1.45. The number of piperidine rings is 2. The molecule has 2 amide bonds. The smallest absolute Gasteiger partial charge is 0.242 e. The molecule has 0 spiro atoms. The van der Waals surface area contributed by atoms with Crippen molar-refractivity contribution in [1.29, 1.82) is 0 Å². The van der Waals surface area contributed by atoms with Gasteiger partial charge in [0, 0.05) is 32.1 Å². The van der Waals surface area contributed by atoms with Gasteiger partial charge in [-0.25, -0.2) is 0 Å². The topological polar surface area (TPSA) is 61.4 Å². The molecule has 26 heavy (non-hydrogen) atoms. The van der Waals surface area contributed by atoms with E-state index in [1.54, 1.807) is 0 Å². The minimum Gasteiger partial charge on any atom is -0.351 e. The van der Waals surface area contributed by atoms with E-state index in [1.807, 2.05) is 25.1 Å². The lowest BCUT2D eigenvalue weighted by Gasteiger charge is -2.34. The Morgan fingerprint density at radius 1 is 1.27 bits per heavy atom. The molecule has 0 radical (unpaired) electrons. The zero-order chi connectivity index (χ0) is 18.7. The summed E-state index contributed by atoms with van der Waals surface area (Å²) in [5.41, 5.74) is 1.14. The maximum atomic E-state index is 12.4. The molecule has 1 aromatic rings. The van der Waals surface area contributed by atoms with Gasteiger partial charge in [0.25, 0.3) is 0 Å². The Kier molecular flexibility index (Phi) is 6.43. The van der Waals surface area contributed by atoms with E-state index in [-0.39, 0.29) is 29.8 Å². The third kappa shape index (κ3) is 5.12. The van der Waals surface area contributed by atoms with Crippen LogP contribution in [-0.4, -0.2) is 41.9 Å². The number of hydrogen-bond acceptors (Lipinski definition) is 3. The molecule has 7 heteroatoms. The number of hydrogen-bond donors (Lipinski definition) is 2. The molecule has 5 nitrogen and oxygen atoms in total.